The normalized spacial score (nSPS) is 15.2. The number of sulfone groups is 1. The van der Waals surface area contributed by atoms with Crippen molar-refractivity contribution in [3.05, 3.63) is 29.8 Å². The fourth-order valence-corrected chi connectivity index (χ4v) is 4.43. The molecule has 0 saturated heterocycles. The number of rotatable bonds is 9. The zero-order chi connectivity index (χ0) is 19.9. The van der Waals surface area contributed by atoms with E-state index in [1.807, 2.05) is 38.1 Å². The highest BCUT2D eigenvalue weighted by Crippen LogP contribution is 2.24. The van der Waals surface area contributed by atoms with Crippen LogP contribution in [0.1, 0.15) is 51.9 Å². The molecule has 0 saturated carbocycles. The van der Waals surface area contributed by atoms with Gasteiger partial charge in [0.1, 0.15) is 0 Å². The van der Waals surface area contributed by atoms with Gasteiger partial charge in [-0.15, -0.1) is 0 Å². The lowest BCUT2D eigenvalue weighted by Gasteiger charge is -2.26. The standard InChI is InChI=1S/C19H32BNO4S/c1-7-14(4)18(21-19(22)25-13(2)3)12-26(23,24)15(5)16-8-10-17(20-6)11-9-16/h8-11,13-15,18,20H,7,12H2,1-6H3,(H,21,22)/t14?,15?,18-/m1/s1. The number of carbonyl (C=O) groups is 1. The zero-order valence-electron chi connectivity index (χ0n) is 16.8. The van der Waals surface area contributed by atoms with E-state index in [2.05, 4.69) is 12.1 Å². The van der Waals surface area contributed by atoms with Gasteiger partial charge in [0.15, 0.2) is 17.1 Å². The molecule has 26 heavy (non-hydrogen) atoms. The van der Waals surface area contributed by atoms with Gasteiger partial charge in [-0.2, -0.15) is 0 Å². The summed E-state index contributed by atoms with van der Waals surface area (Å²) in [6.45, 7) is 11.2. The Morgan fingerprint density at radius 3 is 2.19 bits per heavy atom. The van der Waals surface area contributed by atoms with Gasteiger partial charge in [0.2, 0.25) is 0 Å². The maximum atomic E-state index is 12.9. The molecule has 1 N–H and O–H groups in total. The molecule has 5 nitrogen and oxygen atoms in total. The SMILES string of the molecule is CBc1ccc(C(C)S(=O)(=O)C[C@@H](NC(=O)OC(C)C)C(C)CC)cc1. The van der Waals surface area contributed by atoms with Crippen LogP contribution in [0.5, 0.6) is 0 Å². The van der Waals surface area contributed by atoms with Gasteiger partial charge in [0.05, 0.1) is 17.1 Å². The van der Waals surface area contributed by atoms with Gasteiger partial charge in [0.25, 0.3) is 0 Å². The number of alkyl carbamates (subject to hydrolysis) is 1. The molecule has 0 spiro atoms. The van der Waals surface area contributed by atoms with E-state index in [9.17, 15) is 13.2 Å². The third-order valence-corrected chi connectivity index (χ3v) is 6.96. The molecule has 7 heteroatoms. The number of amides is 1. The molecule has 1 rings (SSSR count). The maximum absolute atomic E-state index is 12.9. The molecule has 1 aromatic carbocycles. The van der Waals surface area contributed by atoms with Crippen LogP contribution in [0.3, 0.4) is 0 Å². The number of hydrogen-bond acceptors (Lipinski definition) is 4. The molecule has 0 bridgehead atoms. The molecule has 0 aromatic heterocycles. The van der Waals surface area contributed by atoms with E-state index >= 15 is 0 Å². The molecule has 1 amide bonds. The molecule has 2 unspecified atom stereocenters. The van der Waals surface area contributed by atoms with Crippen LogP contribution in [0, 0.1) is 5.92 Å². The summed E-state index contributed by atoms with van der Waals surface area (Å²) >= 11 is 0. The largest absolute Gasteiger partial charge is 0.447 e. The summed E-state index contributed by atoms with van der Waals surface area (Å²) < 4.78 is 31.0. The average Bonchev–Trinajstić information content (AvgIpc) is 2.58. The van der Waals surface area contributed by atoms with Crippen molar-refractivity contribution >= 4 is 28.7 Å². The molecule has 1 aromatic rings. The van der Waals surface area contributed by atoms with Crippen LogP contribution in [0.25, 0.3) is 0 Å². The van der Waals surface area contributed by atoms with Crippen LogP contribution in [0.2, 0.25) is 6.82 Å². The van der Waals surface area contributed by atoms with E-state index in [1.165, 1.54) is 5.46 Å². The van der Waals surface area contributed by atoms with Crippen molar-refractivity contribution in [2.45, 2.75) is 65.3 Å². The minimum Gasteiger partial charge on any atom is -0.447 e. The Morgan fingerprint density at radius 1 is 1.15 bits per heavy atom. The van der Waals surface area contributed by atoms with E-state index in [4.69, 9.17) is 4.74 Å². The third kappa shape index (κ3) is 6.67. The van der Waals surface area contributed by atoms with Crippen molar-refractivity contribution in [3.8, 4) is 0 Å². The van der Waals surface area contributed by atoms with E-state index < -0.39 is 27.2 Å². The van der Waals surface area contributed by atoms with Gasteiger partial charge in [-0.3, -0.25) is 0 Å². The fourth-order valence-electron chi connectivity index (χ4n) is 2.66. The van der Waals surface area contributed by atoms with Crippen LogP contribution >= 0.6 is 0 Å². The lowest BCUT2D eigenvalue weighted by molar-refractivity contribution is 0.110. The molecular formula is C19H32BNO4S. The zero-order valence-corrected chi connectivity index (χ0v) is 17.6. The van der Waals surface area contributed by atoms with Crippen molar-refractivity contribution in [2.75, 3.05) is 5.75 Å². The van der Waals surface area contributed by atoms with Crippen LogP contribution in [0.4, 0.5) is 4.79 Å². The summed E-state index contributed by atoms with van der Waals surface area (Å²) in [5.41, 5.74) is 1.95. The van der Waals surface area contributed by atoms with Gasteiger partial charge in [-0.05, 0) is 32.3 Å². The molecule has 0 radical (unpaired) electrons. The first-order chi connectivity index (χ1) is 12.1. The topological polar surface area (TPSA) is 72.5 Å². The second kappa shape index (κ2) is 10.00. The van der Waals surface area contributed by atoms with Crippen LogP contribution in [-0.4, -0.2) is 39.7 Å². The Hall–Kier alpha value is -1.50. The maximum Gasteiger partial charge on any atom is 0.407 e. The van der Waals surface area contributed by atoms with Gasteiger partial charge in [-0.1, -0.05) is 56.8 Å². The number of hydrogen-bond donors (Lipinski definition) is 1. The summed E-state index contributed by atoms with van der Waals surface area (Å²) in [4.78, 5) is 12.0. The van der Waals surface area contributed by atoms with Gasteiger partial charge in [-0.25, -0.2) is 13.2 Å². The predicted octanol–water partition coefficient (Wildman–Crippen LogP) is 2.82. The van der Waals surface area contributed by atoms with E-state index in [0.717, 1.165) is 19.3 Å². The van der Waals surface area contributed by atoms with E-state index in [-0.39, 0.29) is 17.8 Å². The minimum atomic E-state index is -3.43. The Bertz CT molecular complexity index is 673. The summed E-state index contributed by atoms with van der Waals surface area (Å²) in [6.07, 6.45) is -0.0532. The molecule has 0 heterocycles. The monoisotopic (exact) mass is 381 g/mol. The Morgan fingerprint density at radius 2 is 1.73 bits per heavy atom. The lowest BCUT2D eigenvalue weighted by Crippen LogP contribution is -2.45. The smallest absolute Gasteiger partial charge is 0.407 e. The van der Waals surface area contributed by atoms with Gasteiger partial charge < -0.3 is 10.1 Å². The lowest BCUT2D eigenvalue weighted by atomic mass is 9.73. The highest BCUT2D eigenvalue weighted by Gasteiger charge is 2.30. The molecule has 0 fully saturated rings. The van der Waals surface area contributed by atoms with Crippen molar-refractivity contribution in [1.29, 1.82) is 0 Å². The molecular weight excluding hydrogens is 349 g/mol. The molecule has 3 atom stereocenters. The number of nitrogens with one attached hydrogen (secondary N) is 1. The van der Waals surface area contributed by atoms with Gasteiger partial charge >= 0.3 is 6.09 Å². The first-order valence-corrected chi connectivity index (χ1v) is 11.1. The predicted molar refractivity (Wildman–Crippen MR) is 109 cm³/mol. The molecule has 0 aliphatic heterocycles. The summed E-state index contributed by atoms with van der Waals surface area (Å²) in [6, 6.07) is 7.20. The Kier molecular flexibility index (Phi) is 8.67. The van der Waals surface area contributed by atoms with Crippen molar-refractivity contribution in [2.24, 2.45) is 5.92 Å². The van der Waals surface area contributed by atoms with E-state index in [0.29, 0.717) is 0 Å². The molecule has 0 aliphatic carbocycles. The van der Waals surface area contributed by atoms with Crippen molar-refractivity contribution < 1.29 is 17.9 Å². The summed E-state index contributed by atoms with van der Waals surface area (Å²) in [5, 5.41) is 2.12. The average molecular weight is 381 g/mol. The minimum absolute atomic E-state index is 0.0270. The highest BCUT2D eigenvalue weighted by atomic mass is 32.2. The van der Waals surface area contributed by atoms with Crippen LogP contribution < -0.4 is 10.8 Å². The highest BCUT2D eigenvalue weighted by molar-refractivity contribution is 7.91. The second-order valence-corrected chi connectivity index (χ2v) is 9.52. The van der Waals surface area contributed by atoms with Crippen LogP contribution in [0.15, 0.2) is 24.3 Å². The van der Waals surface area contributed by atoms with Crippen molar-refractivity contribution in [1.82, 2.24) is 5.32 Å². The number of benzene rings is 1. The van der Waals surface area contributed by atoms with Gasteiger partial charge in [0, 0.05) is 6.04 Å². The first kappa shape index (κ1) is 22.5. The Balaban J connectivity index is 2.93. The molecule has 0 aliphatic rings. The summed E-state index contributed by atoms with van der Waals surface area (Å²) in [5.74, 6) is -0.0783. The molecule has 146 valence electrons. The second-order valence-electron chi connectivity index (χ2n) is 7.16. The van der Waals surface area contributed by atoms with Crippen molar-refractivity contribution in [3.63, 3.8) is 0 Å². The number of carbonyl (C=O) groups excluding carboxylic acids is 1. The first-order valence-electron chi connectivity index (χ1n) is 9.38. The summed E-state index contributed by atoms with van der Waals surface area (Å²) in [7, 11) is -2.52. The number of ether oxygens (including phenoxy) is 1. The quantitative estimate of drug-likeness (QED) is 0.668. The van der Waals surface area contributed by atoms with Crippen LogP contribution in [-0.2, 0) is 14.6 Å². The Labute approximate surface area is 159 Å². The third-order valence-electron chi connectivity index (χ3n) is 4.78. The van der Waals surface area contributed by atoms with E-state index in [1.54, 1.807) is 20.8 Å². The fraction of sp³-hybridized carbons (Fsp3) is 0.632.